The Bertz CT molecular complexity index is 339. The number of aryl methyl sites for hydroxylation is 1. The molecule has 0 atom stereocenters. The third kappa shape index (κ3) is 1.26. The van der Waals surface area contributed by atoms with E-state index >= 15 is 0 Å². The van der Waals surface area contributed by atoms with Gasteiger partial charge in [0.15, 0.2) is 5.01 Å². The molecule has 0 aliphatic carbocycles. The van der Waals surface area contributed by atoms with Crippen molar-refractivity contribution >= 4 is 22.9 Å². The lowest BCUT2D eigenvalue weighted by Crippen LogP contribution is -1.78. The summed E-state index contributed by atoms with van der Waals surface area (Å²) in [6.45, 7) is 1.92. The Labute approximate surface area is 71.1 Å². The van der Waals surface area contributed by atoms with Gasteiger partial charge in [-0.1, -0.05) is 11.3 Å². The van der Waals surface area contributed by atoms with Crippen molar-refractivity contribution in [3.05, 3.63) is 10.5 Å². The Morgan fingerprint density at radius 3 is 2.91 bits per heavy atom. The van der Waals surface area contributed by atoms with Crippen LogP contribution in [-0.4, -0.2) is 19.6 Å². The van der Waals surface area contributed by atoms with Crippen molar-refractivity contribution in [2.75, 3.05) is 0 Å². The van der Waals surface area contributed by atoms with E-state index in [1.807, 2.05) is 6.92 Å². The van der Waals surface area contributed by atoms with Crippen LogP contribution in [0.2, 0.25) is 0 Å². The van der Waals surface area contributed by atoms with Crippen LogP contribution in [0.3, 0.4) is 0 Å². The van der Waals surface area contributed by atoms with Crippen LogP contribution in [0, 0.1) is 6.92 Å². The molecular weight excluding hydrogens is 180 g/mol. The van der Waals surface area contributed by atoms with Crippen LogP contribution >= 0.6 is 22.9 Å². The standard InChI is InChI=1S/C5H4N4S2/c1-3-7-4(9-11-3)5-8-6-2-10-5/h2H,1H3. The van der Waals surface area contributed by atoms with Gasteiger partial charge in [-0.2, -0.15) is 4.37 Å². The Hall–Kier alpha value is -0.880. The molecule has 0 saturated carbocycles. The fourth-order valence-corrected chi connectivity index (χ4v) is 1.67. The maximum Gasteiger partial charge on any atom is 0.204 e. The smallest absolute Gasteiger partial charge is 0.204 e. The summed E-state index contributed by atoms with van der Waals surface area (Å²) in [7, 11) is 0. The highest BCUT2D eigenvalue weighted by Crippen LogP contribution is 2.18. The summed E-state index contributed by atoms with van der Waals surface area (Å²) >= 11 is 2.83. The van der Waals surface area contributed by atoms with Crippen molar-refractivity contribution in [1.29, 1.82) is 0 Å². The van der Waals surface area contributed by atoms with E-state index in [2.05, 4.69) is 19.6 Å². The number of rotatable bonds is 1. The summed E-state index contributed by atoms with van der Waals surface area (Å²) in [4.78, 5) is 4.17. The van der Waals surface area contributed by atoms with Gasteiger partial charge in [-0.15, -0.1) is 10.2 Å². The average Bonchev–Trinajstić information content (AvgIpc) is 2.55. The van der Waals surface area contributed by atoms with Gasteiger partial charge in [0.2, 0.25) is 5.82 Å². The first-order chi connectivity index (χ1) is 5.36. The zero-order valence-electron chi connectivity index (χ0n) is 5.68. The van der Waals surface area contributed by atoms with E-state index in [1.165, 1.54) is 22.9 Å². The second kappa shape index (κ2) is 2.63. The van der Waals surface area contributed by atoms with Gasteiger partial charge in [0.05, 0.1) is 0 Å². The molecular formula is C5H4N4S2. The molecule has 4 nitrogen and oxygen atoms in total. The lowest BCUT2D eigenvalue weighted by Gasteiger charge is -1.79. The topological polar surface area (TPSA) is 51.6 Å². The van der Waals surface area contributed by atoms with Crippen molar-refractivity contribution in [1.82, 2.24) is 19.6 Å². The van der Waals surface area contributed by atoms with Gasteiger partial charge >= 0.3 is 0 Å². The van der Waals surface area contributed by atoms with Crippen LogP contribution in [0.15, 0.2) is 5.51 Å². The van der Waals surface area contributed by atoms with Gasteiger partial charge in [0.25, 0.3) is 0 Å². The van der Waals surface area contributed by atoms with Gasteiger partial charge in [-0.3, -0.25) is 0 Å². The van der Waals surface area contributed by atoms with E-state index in [0.29, 0.717) is 5.82 Å². The first-order valence-corrected chi connectivity index (χ1v) is 4.58. The summed E-state index contributed by atoms with van der Waals surface area (Å²) < 4.78 is 4.10. The molecule has 0 aliphatic rings. The monoisotopic (exact) mass is 184 g/mol. The predicted octanol–water partition coefficient (Wildman–Crippen LogP) is 1.37. The Balaban J connectivity index is 2.45. The summed E-state index contributed by atoms with van der Waals surface area (Å²) in [6.07, 6.45) is 0. The highest BCUT2D eigenvalue weighted by molar-refractivity contribution is 7.13. The van der Waals surface area contributed by atoms with Crippen molar-refractivity contribution < 1.29 is 0 Å². The third-order valence-electron chi connectivity index (χ3n) is 1.08. The second-order valence-corrected chi connectivity index (χ2v) is 3.67. The zero-order valence-corrected chi connectivity index (χ0v) is 7.32. The first kappa shape index (κ1) is 6.81. The maximum absolute atomic E-state index is 4.17. The largest absolute Gasteiger partial charge is 0.218 e. The first-order valence-electron chi connectivity index (χ1n) is 2.93. The minimum Gasteiger partial charge on any atom is -0.218 e. The van der Waals surface area contributed by atoms with E-state index in [0.717, 1.165) is 10.0 Å². The molecule has 2 heterocycles. The molecule has 0 amide bonds. The van der Waals surface area contributed by atoms with E-state index in [9.17, 15) is 0 Å². The van der Waals surface area contributed by atoms with Gasteiger partial charge in [0, 0.05) is 0 Å². The maximum atomic E-state index is 4.17. The summed E-state index contributed by atoms with van der Waals surface area (Å²) in [5, 5.41) is 9.29. The van der Waals surface area contributed by atoms with Crippen LogP contribution in [-0.2, 0) is 0 Å². The van der Waals surface area contributed by atoms with E-state index in [1.54, 1.807) is 5.51 Å². The number of nitrogens with zero attached hydrogens (tertiary/aromatic N) is 4. The Morgan fingerprint density at radius 1 is 1.45 bits per heavy atom. The van der Waals surface area contributed by atoms with Crippen LogP contribution in [0.5, 0.6) is 0 Å². The molecule has 2 aromatic rings. The zero-order chi connectivity index (χ0) is 7.68. The summed E-state index contributed by atoms with van der Waals surface area (Å²) in [5.74, 6) is 0.690. The van der Waals surface area contributed by atoms with Gasteiger partial charge in [-0.25, -0.2) is 4.98 Å². The predicted molar refractivity (Wildman–Crippen MR) is 43.5 cm³/mol. The molecule has 2 aromatic heterocycles. The minimum absolute atomic E-state index is 0.690. The van der Waals surface area contributed by atoms with Crippen LogP contribution in [0.25, 0.3) is 10.8 Å². The van der Waals surface area contributed by atoms with E-state index in [-0.39, 0.29) is 0 Å². The molecule has 0 radical (unpaired) electrons. The van der Waals surface area contributed by atoms with Crippen molar-refractivity contribution in [3.63, 3.8) is 0 Å². The molecule has 2 rings (SSSR count). The number of hydrogen-bond donors (Lipinski definition) is 0. The molecule has 0 bridgehead atoms. The molecule has 56 valence electrons. The average molecular weight is 184 g/mol. The van der Waals surface area contributed by atoms with Gasteiger partial charge < -0.3 is 0 Å². The Morgan fingerprint density at radius 2 is 2.36 bits per heavy atom. The molecule has 11 heavy (non-hydrogen) atoms. The molecule has 0 aromatic carbocycles. The van der Waals surface area contributed by atoms with Gasteiger partial charge in [-0.05, 0) is 18.5 Å². The fraction of sp³-hybridized carbons (Fsp3) is 0.200. The van der Waals surface area contributed by atoms with E-state index in [4.69, 9.17) is 0 Å². The lowest BCUT2D eigenvalue weighted by molar-refractivity contribution is 1.08. The molecule has 0 spiro atoms. The summed E-state index contributed by atoms with van der Waals surface area (Å²) in [5.41, 5.74) is 1.67. The highest BCUT2D eigenvalue weighted by Gasteiger charge is 2.05. The number of hydrogen-bond acceptors (Lipinski definition) is 6. The van der Waals surface area contributed by atoms with Crippen LogP contribution in [0.1, 0.15) is 5.01 Å². The number of aromatic nitrogens is 4. The Kier molecular flexibility index (Phi) is 1.63. The highest BCUT2D eigenvalue weighted by atomic mass is 32.1. The van der Waals surface area contributed by atoms with Gasteiger partial charge in [0.1, 0.15) is 10.5 Å². The molecule has 0 N–H and O–H groups in total. The van der Waals surface area contributed by atoms with E-state index < -0.39 is 0 Å². The molecule has 0 saturated heterocycles. The molecule has 0 fully saturated rings. The van der Waals surface area contributed by atoms with Crippen LogP contribution < -0.4 is 0 Å². The molecule has 6 heteroatoms. The normalized spacial score (nSPS) is 10.3. The molecule has 0 unspecified atom stereocenters. The quantitative estimate of drug-likeness (QED) is 0.671. The van der Waals surface area contributed by atoms with Crippen LogP contribution in [0.4, 0.5) is 0 Å². The molecule has 0 aliphatic heterocycles. The van der Waals surface area contributed by atoms with Crippen molar-refractivity contribution in [3.8, 4) is 10.8 Å². The minimum atomic E-state index is 0.690. The lowest BCUT2D eigenvalue weighted by atomic mass is 10.6. The third-order valence-corrected chi connectivity index (χ3v) is 2.39. The fourth-order valence-electron chi connectivity index (χ4n) is 0.657. The summed E-state index contributed by atoms with van der Waals surface area (Å²) in [6, 6.07) is 0. The SMILES string of the molecule is Cc1nc(-c2nncs2)ns1. The van der Waals surface area contributed by atoms with Crippen molar-refractivity contribution in [2.24, 2.45) is 0 Å². The second-order valence-electron chi connectivity index (χ2n) is 1.88. The van der Waals surface area contributed by atoms with Crippen molar-refractivity contribution in [2.45, 2.75) is 6.92 Å².